The molecule has 1 aliphatic rings. The van der Waals surface area contributed by atoms with Gasteiger partial charge in [-0.15, -0.1) is 11.3 Å². The molecule has 1 N–H and O–H groups in total. The monoisotopic (exact) mass is 433 g/mol. The first-order chi connectivity index (χ1) is 12.6. The Labute approximate surface area is 162 Å². The summed E-state index contributed by atoms with van der Waals surface area (Å²) in [7, 11) is 1.36. The Hall–Kier alpha value is -2.12. The van der Waals surface area contributed by atoms with Gasteiger partial charge in [0.15, 0.2) is 0 Å². The third-order valence-corrected chi connectivity index (χ3v) is 6.23. The lowest BCUT2D eigenvalue weighted by atomic mass is 10.1. The van der Waals surface area contributed by atoms with E-state index in [0.717, 1.165) is 45.8 Å². The van der Waals surface area contributed by atoms with E-state index < -0.39 is 5.97 Å². The van der Waals surface area contributed by atoms with Crippen LogP contribution >= 0.6 is 27.3 Å². The minimum atomic E-state index is -0.391. The van der Waals surface area contributed by atoms with E-state index in [1.807, 2.05) is 18.2 Å². The first-order valence-electron chi connectivity index (χ1n) is 8.25. The second-order valence-corrected chi connectivity index (χ2v) is 8.20. The number of amides is 1. The molecule has 7 heteroatoms. The summed E-state index contributed by atoms with van der Waals surface area (Å²) in [6.07, 6.45) is 4.61. The van der Waals surface area contributed by atoms with Gasteiger partial charge < -0.3 is 14.5 Å². The highest BCUT2D eigenvalue weighted by molar-refractivity contribution is 9.10. The fourth-order valence-electron chi connectivity index (χ4n) is 3.35. The maximum absolute atomic E-state index is 12.6. The molecule has 2 aromatic heterocycles. The maximum Gasteiger partial charge on any atom is 0.341 e. The molecule has 0 saturated carbocycles. The van der Waals surface area contributed by atoms with Crippen LogP contribution in [0, 0.1) is 0 Å². The predicted octanol–water partition coefficient (Wildman–Crippen LogP) is 4.71. The zero-order valence-electron chi connectivity index (χ0n) is 14.1. The summed E-state index contributed by atoms with van der Waals surface area (Å²) in [6.45, 7) is 0. The number of halogens is 1. The number of fused-ring (bicyclic) bond motifs is 2. The molecular weight excluding hydrogens is 418 g/mol. The van der Waals surface area contributed by atoms with Gasteiger partial charge in [0.2, 0.25) is 5.91 Å². The van der Waals surface area contributed by atoms with E-state index >= 15 is 0 Å². The van der Waals surface area contributed by atoms with Crippen molar-refractivity contribution in [2.45, 2.75) is 25.7 Å². The van der Waals surface area contributed by atoms with Crippen molar-refractivity contribution in [2.24, 2.45) is 0 Å². The van der Waals surface area contributed by atoms with Crippen LogP contribution in [0.5, 0.6) is 0 Å². The molecule has 0 bridgehead atoms. The van der Waals surface area contributed by atoms with Gasteiger partial charge in [-0.3, -0.25) is 4.79 Å². The van der Waals surface area contributed by atoms with Gasteiger partial charge >= 0.3 is 5.97 Å². The Bertz CT molecular complexity index is 1020. The first kappa shape index (κ1) is 17.3. The summed E-state index contributed by atoms with van der Waals surface area (Å²) >= 11 is 4.91. The van der Waals surface area contributed by atoms with Crippen molar-refractivity contribution in [3.63, 3.8) is 0 Å². The van der Waals surface area contributed by atoms with E-state index in [-0.39, 0.29) is 12.3 Å². The van der Waals surface area contributed by atoms with Crippen LogP contribution in [0.3, 0.4) is 0 Å². The van der Waals surface area contributed by atoms with Crippen LogP contribution in [0.25, 0.3) is 11.0 Å². The number of rotatable bonds is 4. The van der Waals surface area contributed by atoms with E-state index in [1.54, 1.807) is 6.26 Å². The van der Waals surface area contributed by atoms with Crippen molar-refractivity contribution in [3.05, 3.63) is 50.5 Å². The van der Waals surface area contributed by atoms with E-state index in [4.69, 9.17) is 9.15 Å². The lowest BCUT2D eigenvalue weighted by molar-refractivity contribution is -0.115. The third kappa shape index (κ3) is 3.05. The van der Waals surface area contributed by atoms with Gasteiger partial charge in [0.25, 0.3) is 0 Å². The number of hydrogen-bond acceptors (Lipinski definition) is 5. The van der Waals surface area contributed by atoms with Crippen molar-refractivity contribution in [1.82, 2.24) is 0 Å². The highest BCUT2D eigenvalue weighted by Crippen LogP contribution is 2.39. The van der Waals surface area contributed by atoms with Crippen LogP contribution < -0.4 is 5.32 Å². The summed E-state index contributed by atoms with van der Waals surface area (Å²) < 4.78 is 11.4. The number of hydrogen-bond donors (Lipinski definition) is 1. The SMILES string of the molecule is COC(=O)c1c(NC(=O)Cc2coc3ccc(Br)cc23)sc2c1CCC2. The number of nitrogens with one attached hydrogen (secondary N) is 1. The molecule has 2 heterocycles. The topological polar surface area (TPSA) is 68.5 Å². The largest absolute Gasteiger partial charge is 0.465 e. The molecule has 0 saturated heterocycles. The number of aryl methyl sites for hydroxylation is 1. The second kappa shape index (κ2) is 6.89. The molecule has 4 rings (SSSR count). The minimum absolute atomic E-state index is 0.173. The number of carbonyl (C=O) groups excluding carboxylic acids is 2. The molecule has 0 aliphatic heterocycles. The third-order valence-electron chi connectivity index (χ3n) is 4.53. The van der Waals surface area contributed by atoms with E-state index in [9.17, 15) is 9.59 Å². The molecule has 5 nitrogen and oxygen atoms in total. The van der Waals surface area contributed by atoms with Crippen molar-refractivity contribution < 1.29 is 18.7 Å². The molecule has 1 aliphatic carbocycles. The summed E-state index contributed by atoms with van der Waals surface area (Å²) in [5.74, 6) is -0.574. The van der Waals surface area contributed by atoms with Gasteiger partial charge in [0.1, 0.15) is 10.6 Å². The number of methoxy groups -OCH3 is 1. The summed E-state index contributed by atoms with van der Waals surface area (Å²) in [6, 6.07) is 5.69. The van der Waals surface area contributed by atoms with E-state index in [0.29, 0.717) is 10.6 Å². The number of carbonyl (C=O) groups is 2. The van der Waals surface area contributed by atoms with E-state index in [2.05, 4.69) is 21.2 Å². The van der Waals surface area contributed by atoms with Gasteiger partial charge in [-0.2, -0.15) is 0 Å². The van der Waals surface area contributed by atoms with Crippen molar-refractivity contribution in [2.75, 3.05) is 12.4 Å². The van der Waals surface area contributed by atoms with Gasteiger partial charge in [-0.1, -0.05) is 15.9 Å². The first-order valence-corrected chi connectivity index (χ1v) is 9.86. The Morgan fingerprint density at radius 1 is 1.35 bits per heavy atom. The number of benzene rings is 1. The number of ether oxygens (including phenoxy) is 1. The molecule has 0 atom stereocenters. The van der Waals surface area contributed by atoms with Crippen LogP contribution in [-0.2, 0) is 28.8 Å². The molecule has 26 heavy (non-hydrogen) atoms. The molecule has 0 radical (unpaired) electrons. The van der Waals surface area contributed by atoms with Crippen LogP contribution in [0.2, 0.25) is 0 Å². The van der Waals surface area contributed by atoms with Crippen LogP contribution in [-0.4, -0.2) is 19.0 Å². The molecule has 3 aromatic rings. The van der Waals surface area contributed by atoms with Gasteiger partial charge in [0, 0.05) is 20.3 Å². The highest BCUT2D eigenvalue weighted by Gasteiger charge is 2.28. The van der Waals surface area contributed by atoms with Crippen LogP contribution in [0.15, 0.2) is 33.4 Å². The number of esters is 1. The quantitative estimate of drug-likeness (QED) is 0.604. The summed E-state index contributed by atoms with van der Waals surface area (Å²) in [5.41, 5.74) is 3.08. The summed E-state index contributed by atoms with van der Waals surface area (Å²) in [4.78, 5) is 25.9. The normalized spacial score (nSPS) is 13.0. The highest BCUT2D eigenvalue weighted by atomic mass is 79.9. The van der Waals surface area contributed by atoms with Crippen LogP contribution in [0.4, 0.5) is 5.00 Å². The van der Waals surface area contributed by atoms with Crippen molar-refractivity contribution >= 4 is 55.1 Å². The van der Waals surface area contributed by atoms with Crippen molar-refractivity contribution in [1.29, 1.82) is 0 Å². The standard InChI is InChI=1S/C19H16BrNO4S/c1-24-19(23)17-12-3-2-4-15(12)26-18(17)21-16(22)7-10-9-25-14-6-5-11(20)8-13(10)14/h5-6,8-9H,2-4,7H2,1H3,(H,21,22). The summed E-state index contributed by atoms with van der Waals surface area (Å²) in [5, 5.41) is 4.38. The second-order valence-electron chi connectivity index (χ2n) is 6.18. The van der Waals surface area contributed by atoms with Gasteiger partial charge in [-0.05, 0) is 43.0 Å². The Morgan fingerprint density at radius 2 is 2.19 bits per heavy atom. The number of thiophene rings is 1. The lowest BCUT2D eigenvalue weighted by Crippen LogP contribution is -2.16. The average molecular weight is 434 g/mol. The molecule has 134 valence electrons. The predicted molar refractivity (Wildman–Crippen MR) is 104 cm³/mol. The molecule has 1 aromatic carbocycles. The lowest BCUT2D eigenvalue weighted by Gasteiger charge is -2.06. The van der Waals surface area contributed by atoms with Crippen molar-refractivity contribution in [3.8, 4) is 0 Å². The fraction of sp³-hybridized carbons (Fsp3) is 0.263. The van der Waals surface area contributed by atoms with Gasteiger partial charge in [0.05, 0.1) is 25.4 Å². The molecule has 0 fully saturated rings. The average Bonchev–Trinajstić information content (AvgIpc) is 3.29. The molecule has 0 spiro atoms. The zero-order valence-corrected chi connectivity index (χ0v) is 16.5. The number of anilines is 1. The maximum atomic E-state index is 12.6. The molecule has 0 unspecified atom stereocenters. The van der Waals surface area contributed by atoms with Gasteiger partial charge in [-0.25, -0.2) is 4.79 Å². The Balaban J connectivity index is 1.59. The zero-order chi connectivity index (χ0) is 18.3. The van der Waals surface area contributed by atoms with Crippen LogP contribution in [0.1, 0.15) is 32.8 Å². The molecular formula is C19H16BrNO4S. The fourth-order valence-corrected chi connectivity index (χ4v) is 5.00. The smallest absolute Gasteiger partial charge is 0.341 e. The minimum Gasteiger partial charge on any atom is -0.465 e. The Kier molecular flexibility index (Phi) is 4.58. The van der Waals surface area contributed by atoms with E-state index in [1.165, 1.54) is 23.3 Å². The number of furan rings is 1. The Morgan fingerprint density at radius 3 is 3.00 bits per heavy atom. The molecule has 1 amide bonds.